The van der Waals surface area contributed by atoms with E-state index in [1.165, 1.54) is 16.7 Å². The molecule has 10 aromatic rings. The molecule has 2 amide bonds. The Hall–Kier alpha value is -9.50. The fourth-order valence-corrected chi connectivity index (χ4v) is 13.2. The Kier molecular flexibility index (Phi) is 19.4. The van der Waals surface area contributed by atoms with E-state index in [-0.39, 0.29) is 17.7 Å². The SMILES string of the molecule is CC[N+](CC)(CC)Cc1ccc(C(=O)Nc2ccc(-c3c4nc(c(-c5ccc([NH2+]C(=O)c6ccc(C[N+](CC)(CC)CC)cc6)cc5)c5ccc([nH]5)c5ccc([n-]5)c(-c5ccc([NH+]=C(O)c6ccc(C[N+](CC)(CC)CC)cc6)cc5)c5ccc3[n-]5)C=C4)cc2)cc1. The topological polar surface area (TPSA) is 154 Å². The number of primary amides is 1. The summed E-state index contributed by atoms with van der Waals surface area (Å²) in [4.78, 5) is 50.8. The zero-order valence-electron chi connectivity index (χ0n) is 55.0. The summed E-state index contributed by atoms with van der Waals surface area (Å²) in [6.45, 7) is 32.6. The molecule has 6 aromatic carbocycles. The van der Waals surface area contributed by atoms with Gasteiger partial charge in [0.25, 0.3) is 5.91 Å². The van der Waals surface area contributed by atoms with Crippen molar-refractivity contribution in [2.75, 3.05) is 64.2 Å². The Morgan fingerprint density at radius 3 is 1.36 bits per heavy atom. The smallest absolute Gasteiger partial charge is 0.371 e. The molecule has 92 heavy (non-hydrogen) atoms. The highest BCUT2D eigenvalue weighted by Crippen LogP contribution is 2.37. The molecule has 0 radical (unpaired) electrons. The van der Waals surface area contributed by atoms with Crippen LogP contribution >= 0.6 is 0 Å². The predicted octanol–water partition coefficient (Wildman–Crippen LogP) is 14.1. The molecule has 8 bridgehead atoms. The molecule has 470 valence electrons. The molecular formula is C79H89N10O3+3. The van der Waals surface area contributed by atoms with Gasteiger partial charge in [-0.15, -0.1) is 22.1 Å². The first-order chi connectivity index (χ1) is 44.7. The minimum Gasteiger partial charge on any atom is -0.657 e. The maximum absolute atomic E-state index is 13.8. The van der Waals surface area contributed by atoms with E-state index in [4.69, 9.17) is 15.0 Å². The Morgan fingerprint density at radius 2 is 0.848 bits per heavy atom. The second-order valence-corrected chi connectivity index (χ2v) is 24.7. The number of carbonyl (C=O) groups excluding carboxylic acids is 2. The second-order valence-electron chi connectivity index (χ2n) is 24.7. The summed E-state index contributed by atoms with van der Waals surface area (Å²) in [5, 5.41) is 16.3. The van der Waals surface area contributed by atoms with Crippen LogP contribution in [0.15, 0.2) is 182 Å². The van der Waals surface area contributed by atoms with Crippen molar-refractivity contribution in [2.45, 2.75) is 81.9 Å². The summed E-state index contributed by atoms with van der Waals surface area (Å²) in [5.41, 5.74) is 19.1. The van der Waals surface area contributed by atoms with Gasteiger partial charge >= 0.3 is 11.8 Å². The Bertz CT molecular complexity index is 4380. The summed E-state index contributed by atoms with van der Waals surface area (Å²) < 4.78 is 3.02. The predicted molar refractivity (Wildman–Crippen MR) is 377 cm³/mol. The fourth-order valence-electron chi connectivity index (χ4n) is 13.2. The minimum absolute atomic E-state index is 0.0477. The van der Waals surface area contributed by atoms with Gasteiger partial charge in [0, 0.05) is 68.8 Å². The first-order valence-corrected chi connectivity index (χ1v) is 33.1. The number of H-pyrrole nitrogens is 1. The van der Waals surface area contributed by atoms with Crippen LogP contribution in [0.3, 0.4) is 0 Å². The zero-order valence-corrected chi connectivity index (χ0v) is 55.0. The van der Waals surface area contributed by atoms with Gasteiger partial charge in [-0.05, 0) is 187 Å². The van der Waals surface area contributed by atoms with Crippen molar-refractivity contribution in [3.8, 4) is 33.4 Å². The van der Waals surface area contributed by atoms with Gasteiger partial charge in [-0.1, -0.05) is 72.8 Å². The van der Waals surface area contributed by atoms with Crippen LogP contribution in [0.25, 0.3) is 78.6 Å². The van der Waals surface area contributed by atoms with E-state index in [0.29, 0.717) is 33.6 Å². The number of anilines is 1. The number of quaternary nitrogens is 4. The number of fused-ring (bicyclic) bond motifs is 9. The maximum atomic E-state index is 13.8. The summed E-state index contributed by atoms with van der Waals surface area (Å²) in [6.07, 6.45) is 4.10. The summed E-state index contributed by atoms with van der Waals surface area (Å²) in [7, 11) is 0. The van der Waals surface area contributed by atoms with E-state index in [0.717, 1.165) is 170 Å². The van der Waals surface area contributed by atoms with Crippen LogP contribution < -0.4 is 25.6 Å². The third kappa shape index (κ3) is 13.7. The normalized spacial score (nSPS) is 12.5. The Morgan fingerprint density at radius 1 is 0.446 bits per heavy atom. The lowest BCUT2D eigenvalue weighted by molar-refractivity contribution is -0.936. The fraction of sp³-hybridized carbons (Fsp3) is 0.266. The number of rotatable bonds is 24. The molecule has 0 saturated heterocycles. The number of aliphatic hydroxyl groups is 1. The highest BCUT2D eigenvalue weighted by molar-refractivity contribution is 6.05. The molecule has 1 aliphatic rings. The van der Waals surface area contributed by atoms with Crippen LogP contribution in [-0.2, 0) is 19.6 Å². The van der Waals surface area contributed by atoms with Crippen LogP contribution in [0.2, 0.25) is 0 Å². The standard InChI is InChI=1S/C79H86N10O3/c1-10-87(11-2,12-3)51-54-19-25-60(26-20-54)77(90)80-63-37-31-57(32-38-63)74-68-45-43-66(83-68)67-44-46-69(84-67)75(58-33-39-64(40-34-58)81-78(91)61-27-21-55(22-28-61)52-88(13-4,14-5)15-6)71-48-50-73(86-71)76(72-49-47-70(74)85-72)59-35-41-65(42-36-59)82-79(92)62-29-23-56(24-30-62)53-89(16-7,17-8)18-9/h19-50H,10-18,51-53H2,1-9H3,(H3-3,80,81,82,83,84,85,86,90,91,92)/p+3. The number of carbonyl (C=O) groups is 2. The lowest BCUT2D eigenvalue weighted by atomic mass is 10.0. The number of hydrogen-bond acceptors (Lipinski definition) is 3. The van der Waals surface area contributed by atoms with Crippen molar-refractivity contribution < 1.29 is 38.5 Å². The summed E-state index contributed by atoms with van der Waals surface area (Å²) in [6, 6.07) is 60.6. The van der Waals surface area contributed by atoms with E-state index in [1.807, 2.05) is 127 Å². The van der Waals surface area contributed by atoms with Gasteiger partial charge in [0.2, 0.25) is 5.69 Å². The molecule has 4 aromatic heterocycles. The third-order valence-electron chi connectivity index (χ3n) is 20.1. The number of aromatic amines is 1. The summed E-state index contributed by atoms with van der Waals surface area (Å²) in [5.74, 6) is -0.154. The van der Waals surface area contributed by atoms with Gasteiger partial charge in [0.1, 0.15) is 25.3 Å². The highest BCUT2D eigenvalue weighted by Gasteiger charge is 2.25. The molecule has 0 aliphatic carbocycles. The van der Waals surface area contributed by atoms with Crippen LogP contribution in [0, 0.1) is 0 Å². The number of amides is 2. The van der Waals surface area contributed by atoms with Crippen molar-refractivity contribution >= 4 is 80.0 Å². The molecule has 1 aliphatic heterocycles. The molecule has 0 spiro atoms. The Balaban J connectivity index is 0.967. The first kappa shape index (κ1) is 64.0. The van der Waals surface area contributed by atoms with Crippen LogP contribution in [0.5, 0.6) is 0 Å². The van der Waals surface area contributed by atoms with Gasteiger partial charge in [-0.2, -0.15) is 4.99 Å². The average molecular weight is 1230 g/mol. The van der Waals surface area contributed by atoms with E-state index < -0.39 is 0 Å². The van der Waals surface area contributed by atoms with E-state index in [9.17, 15) is 14.7 Å². The molecule has 13 nitrogen and oxygen atoms in total. The number of aliphatic hydroxyl groups excluding tert-OH is 1. The molecule has 13 heteroatoms. The molecule has 0 unspecified atom stereocenters. The minimum atomic E-state index is -0.180. The first-order valence-electron chi connectivity index (χ1n) is 33.1. The monoisotopic (exact) mass is 1230 g/mol. The second kappa shape index (κ2) is 27.9. The third-order valence-corrected chi connectivity index (χ3v) is 20.1. The number of nitrogens with one attached hydrogen (secondary N) is 3. The largest absolute Gasteiger partial charge is 0.657 e. The van der Waals surface area contributed by atoms with E-state index in [1.54, 1.807) is 5.32 Å². The molecular weight excluding hydrogens is 1140 g/mol. The number of nitrogens with two attached hydrogens (primary N) is 1. The van der Waals surface area contributed by atoms with Gasteiger partial charge in [0.05, 0.1) is 81.4 Å². The molecule has 5 heterocycles. The zero-order chi connectivity index (χ0) is 64.6. The van der Waals surface area contributed by atoms with Gasteiger partial charge in [-0.3, -0.25) is 4.79 Å². The summed E-state index contributed by atoms with van der Waals surface area (Å²) >= 11 is 0. The van der Waals surface area contributed by atoms with Crippen LogP contribution in [0.4, 0.5) is 17.1 Å². The van der Waals surface area contributed by atoms with Crippen molar-refractivity contribution in [3.05, 3.63) is 227 Å². The van der Waals surface area contributed by atoms with Gasteiger partial charge in [0.15, 0.2) is 0 Å². The van der Waals surface area contributed by atoms with Crippen molar-refractivity contribution in [1.29, 1.82) is 0 Å². The van der Waals surface area contributed by atoms with E-state index in [2.05, 4.69) is 144 Å². The number of hydrogen-bond donors (Lipinski definition) is 5. The number of benzene rings is 6. The Labute approximate surface area is 542 Å². The highest BCUT2D eigenvalue weighted by atomic mass is 16.3. The quantitative estimate of drug-likeness (QED) is 0.0176. The van der Waals surface area contributed by atoms with Crippen molar-refractivity contribution in [3.63, 3.8) is 0 Å². The lowest BCUT2D eigenvalue weighted by Gasteiger charge is -2.35. The maximum Gasteiger partial charge on any atom is 0.371 e. The van der Waals surface area contributed by atoms with Crippen molar-refractivity contribution in [2.24, 2.45) is 0 Å². The van der Waals surface area contributed by atoms with E-state index >= 15 is 0 Å². The number of aromatic nitrogens is 4. The molecule has 0 saturated carbocycles. The molecule has 11 rings (SSSR count). The van der Waals surface area contributed by atoms with Crippen molar-refractivity contribution in [1.82, 2.24) is 19.9 Å². The molecule has 0 atom stereocenters. The van der Waals surface area contributed by atoms with Gasteiger partial charge in [-0.25, -0.2) is 15.1 Å². The average Bonchev–Trinajstić information content (AvgIpc) is 1.63. The van der Waals surface area contributed by atoms with Gasteiger partial charge < -0.3 is 38.8 Å². The number of nitrogens with zero attached hydrogens (tertiary/aromatic N) is 6. The van der Waals surface area contributed by atoms with Crippen LogP contribution in [-0.4, -0.2) is 105 Å². The molecule has 6 N–H and O–H groups in total. The lowest BCUT2D eigenvalue weighted by Crippen LogP contribution is -2.82. The van der Waals surface area contributed by atoms with Crippen LogP contribution in [0.1, 0.15) is 117 Å². The molecule has 0 fully saturated rings.